The van der Waals surface area contributed by atoms with Crippen molar-refractivity contribution in [2.75, 3.05) is 12.4 Å². The Morgan fingerprint density at radius 1 is 1.42 bits per heavy atom. The van der Waals surface area contributed by atoms with Crippen LogP contribution in [-0.2, 0) is 0 Å². The summed E-state index contributed by atoms with van der Waals surface area (Å²) in [5, 5.41) is 2.26. The Morgan fingerprint density at radius 2 is 2.25 bits per heavy atom. The van der Waals surface area contributed by atoms with Gasteiger partial charge >= 0.3 is 0 Å². The molecule has 0 N–H and O–H groups in total. The fourth-order valence-corrected chi connectivity index (χ4v) is 2.37. The molecule has 1 nitrogen and oxygen atoms in total. The van der Waals surface area contributed by atoms with Crippen LogP contribution in [0, 0.1) is 0 Å². The number of hydrogen-bond donors (Lipinski definition) is 0. The molecule has 0 saturated carbocycles. The van der Waals surface area contributed by atoms with Gasteiger partial charge in [0.1, 0.15) is 0 Å². The van der Waals surface area contributed by atoms with Gasteiger partial charge in [0.05, 0.1) is 5.88 Å². The fraction of sp³-hybridized carbons (Fsp3) is 0.800. The summed E-state index contributed by atoms with van der Waals surface area (Å²) in [5.41, 5.74) is 1.46. The van der Waals surface area contributed by atoms with Crippen LogP contribution in [0.4, 0.5) is 0 Å². The maximum atomic E-state index is 2.47. The van der Waals surface area contributed by atoms with Crippen LogP contribution < -0.4 is 0 Å². The molecule has 0 unspecified atom stereocenters. The molecule has 0 saturated heterocycles. The van der Waals surface area contributed by atoms with E-state index in [4.69, 9.17) is 0 Å². The topological polar surface area (TPSA) is 3.24 Å². The summed E-state index contributed by atoms with van der Waals surface area (Å²) in [7, 11) is 0. The van der Waals surface area contributed by atoms with E-state index in [2.05, 4.69) is 24.2 Å². The Morgan fingerprint density at radius 3 is 2.83 bits per heavy atom. The second-order valence-corrected chi connectivity index (χ2v) is 4.21. The van der Waals surface area contributed by atoms with E-state index in [0.29, 0.717) is 0 Å². The Balaban J connectivity index is 2.03. The first-order chi connectivity index (χ1) is 5.84. The molecule has 12 heavy (non-hydrogen) atoms. The van der Waals surface area contributed by atoms with Crippen LogP contribution in [0.1, 0.15) is 39.5 Å². The normalized spacial score (nSPS) is 16.8. The van der Waals surface area contributed by atoms with Crippen LogP contribution in [0.25, 0.3) is 0 Å². The smallest absolute Gasteiger partial charge is 0.0677 e. The minimum atomic E-state index is 1.18. The molecule has 1 rings (SSSR count). The van der Waals surface area contributed by atoms with Crippen molar-refractivity contribution in [2.24, 2.45) is 0 Å². The van der Waals surface area contributed by atoms with E-state index >= 15 is 0 Å². The first kappa shape index (κ1) is 9.97. The molecule has 70 valence electrons. The first-order valence-corrected chi connectivity index (χ1v) is 5.92. The lowest BCUT2D eigenvalue weighted by molar-refractivity contribution is 0.393. The van der Waals surface area contributed by atoms with E-state index in [0.717, 1.165) is 0 Å². The van der Waals surface area contributed by atoms with Crippen molar-refractivity contribution < 1.29 is 0 Å². The monoisotopic (exact) mass is 185 g/mol. The maximum Gasteiger partial charge on any atom is 0.0677 e. The third kappa shape index (κ3) is 3.10. The van der Waals surface area contributed by atoms with Crippen LogP contribution in [0.3, 0.4) is 0 Å². The highest BCUT2D eigenvalue weighted by Gasteiger charge is 2.09. The van der Waals surface area contributed by atoms with Crippen molar-refractivity contribution in [3.8, 4) is 0 Å². The Labute approximate surface area is 80.2 Å². The minimum absolute atomic E-state index is 1.18. The number of nitrogens with zero attached hydrogens (tertiary/aromatic N) is 1. The highest BCUT2D eigenvalue weighted by molar-refractivity contribution is 8.02. The molecule has 2 heteroatoms. The molecule has 1 heterocycles. The predicted molar refractivity (Wildman–Crippen MR) is 57.1 cm³/mol. The summed E-state index contributed by atoms with van der Waals surface area (Å²) in [6.45, 7) is 5.73. The van der Waals surface area contributed by atoms with Crippen molar-refractivity contribution in [1.29, 1.82) is 0 Å². The number of unbranched alkanes of at least 4 members (excludes halogenated alkanes) is 3. The Bertz CT molecular complexity index is 154. The number of thioether (sulfide) groups is 1. The molecule has 1 aliphatic heterocycles. The van der Waals surface area contributed by atoms with Crippen LogP contribution in [-0.4, -0.2) is 17.3 Å². The van der Waals surface area contributed by atoms with E-state index in [1.807, 2.05) is 11.8 Å². The quantitative estimate of drug-likeness (QED) is 0.604. The predicted octanol–water partition coefficient (Wildman–Crippen LogP) is 3.43. The number of rotatable bonds is 5. The van der Waals surface area contributed by atoms with Crippen LogP contribution in [0.2, 0.25) is 0 Å². The molecule has 0 bridgehead atoms. The van der Waals surface area contributed by atoms with Gasteiger partial charge in [-0.15, -0.1) is 11.8 Å². The zero-order chi connectivity index (χ0) is 8.81. The van der Waals surface area contributed by atoms with Gasteiger partial charge in [-0.3, -0.25) is 0 Å². The van der Waals surface area contributed by atoms with Gasteiger partial charge < -0.3 is 4.90 Å². The highest BCUT2D eigenvalue weighted by atomic mass is 32.2. The second kappa shape index (κ2) is 5.52. The van der Waals surface area contributed by atoms with Gasteiger partial charge in [0.25, 0.3) is 0 Å². The molecule has 0 aromatic heterocycles. The van der Waals surface area contributed by atoms with Gasteiger partial charge in [0, 0.05) is 12.2 Å². The summed E-state index contributed by atoms with van der Waals surface area (Å²) in [6.07, 6.45) is 5.48. The lowest BCUT2D eigenvalue weighted by Gasteiger charge is -2.18. The molecular formula is C10H19NS. The minimum Gasteiger partial charge on any atom is -0.365 e. The zero-order valence-electron chi connectivity index (χ0n) is 8.18. The largest absolute Gasteiger partial charge is 0.365 e. The molecular weight excluding hydrogens is 166 g/mol. The Kier molecular flexibility index (Phi) is 4.59. The fourth-order valence-electron chi connectivity index (χ4n) is 1.39. The number of allylic oxidation sites excluding steroid dienone is 1. The SMILES string of the molecule is CCCCCCN1CSC=C1C. The average Bonchev–Trinajstić information content (AvgIpc) is 2.46. The standard InChI is InChI=1S/C10H19NS/c1-3-4-5-6-7-11-9-12-8-10(11)2/h8H,3-7,9H2,1-2H3. The molecule has 0 atom stereocenters. The third-order valence-corrected chi connectivity index (χ3v) is 3.23. The van der Waals surface area contributed by atoms with Gasteiger partial charge in [0.2, 0.25) is 0 Å². The lowest BCUT2D eigenvalue weighted by atomic mass is 10.2. The molecule has 0 amide bonds. The maximum absolute atomic E-state index is 2.47. The zero-order valence-corrected chi connectivity index (χ0v) is 8.99. The molecule has 0 spiro atoms. The third-order valence-electron chi connectivity index (χ3n) is 2.26. The van der Waals surface area contributed by atoms with Crippen LogP contribution in [0.15, 0.2) is 11.1 Å². The van der Waals surface area contributed by atoms with Gasteiger partial charge in [0.15, 0.2) is 0 Å². The second-order valence-electron chi connectivity index (χ2n) is 3.38. The van der Waals surface area contributed by atoms with E-state index in [-0.39, 0.29) is 0 Å². The van der Waals surface area contributed by atoms with Crippen molar-refractivity contribution in [2.45, 2.75) is 39.5 Å². The summed E-state index contributed by atoms with van der Waals surface area (Å²) in [6, 6.07) is 0. The summed E-state index contributed by atoms with van der Waals surface area (Å²) in [5.74, 6) is 1.18. The highest BCUT2D eigenvalue weighted by Crippen LogP contribution is 2.22. The summed E-state index contributed by atoms with van der Waals surface area (Å²) in [4.78, 5) is 2.47. The number of hydrogen-bond acceptors (Lipinski definition) is 2. The van der Waals surface area contributed by atoms with Crippen molar-refractivity contribution in [3.05, 3.63) is 11.1 Å². The Hall–Kier alpha value is -0.110. The first-order valence-electron chi connectivity index (χ1n) is 4.88. The molecule has 0 aliphatic carbocycles. The van der Waals surface area contributed by atoms with Gasteiger partial charge in [-0.05, 0) is 18.8 Å². The molecule has 0 aromatic rings. The van der Waals surface area contributed by atoms with E-state index in [9.17, 15) is 0 Å². The van der Waals surface area contributed by atoms with E-state index < -0.39 is 0 Å². The van der Waals surface area contributed by atoms with Crippen molar-refractivity contribution in [3.63, 3.8) is 0 Å². The molecule has 0 aromatic carbocycles. The van der Waals surface area contributed by atoms with E-state index in [1.165, 1.54) is 43.8 Å². The average molecular weight is 185 g/mol. The van der Waals surface area contributed by atoms with Gasteiger partial charge in [-0.1, -0.05) is 26.2 Å². The van der Waals surface area contributed by atoms with Gasteiger partial charge in [-0.2, -0.15) is 0 Å². The van der Waals surface area contributed by atoms with Crippen LogP contribution in [0.5, 0.6) is 0 Å². The van der Waals surface area contributed by atoms with Gasteiger partial charge in [-0.25, -0.2) is 0 Å². The lowest BCUT2D eigenvalue weighted by Crippen LogP contribution is -2.18. The molecule has 0 radical (unpaired) electrons. The van der Waals surface area contributed by atoms with Crippen molar-refractivity contribution >= 4 is 11.8 Å². The summed E-state index contributed by atoms with van der Waals surface area (Å²) < 4.78 is 0. The summed E-state index contributed by atoms with van der Waals surface area (Å²) >= 11 is 1.92. The van der Waals surface area contributed by atoms with Crippen LogP contribution >= 0.6 is 11.8 Å². The van der Waals surface area contributed by atoms with Crippen molar-refractivity contribution in [1.82, 2.24) is 4.90 Å². The molecule has 0 fully saturated rings. The molecule has 1 aliphatic rings. The van der Waals surface area contributed by atoms with E-state index in [1.54, 1.807) is 0 Å².